The van der Waals surface area contributed by atoms with Crippen molar-refractivity contribution in [3.8, 4) is 0 Å². The number of carbonyl (C=O) groups is 4. The Morgan fingerprint density at radius 2 is 1.42 bits per heavy atom. The van der Waals surface area contributed by atoms with Gasteiger partial charge < -0.3 is 30.4 Å². The number of nitrogens with one attached hydrogen (secondary N) is 3. The predicted octanol–water partition coefficient (Wildman–Crippen LogP) is 5.13. The van der Waals surface area contributed by atoms with E-state index in [1.165, 1.54) is 5.01 Å². The van der Waals surface area contributed by atoms with E-state index in [9.17, 15) is 29.4 Å². The van der Waals surface area contributed by atoms with Gasteiger partial charge in [0.25, 0.3) is 0 Å². The molecule has 0 fully saturated rings. The van der Waals surface area contributed by atoms with Crippen molar-refractivity contribution in [1.82, 2.24) is 21.1 Å². The maximum atomic E-state index is 12.6. The molecule has 2 rings (SSSR count). The lowest BCUT2D eigenvalue weighted by Gasteiger charge is -2.51. The number of aldehydes is 2. The van der Waals surface area contributed by atoms with Crippen LogP contribution >= 0.6 is 0 Å². The Hall–Kier alpha value is -3.76. The Kier molecular flexibility index (Phi) is 14.9. The first-order valence-corrected chi connectivity index (χ1v) is 15.1. The van der Waals surface area contributed by atoms with Crippen LogP contribution in [-0.2, 0) is 22.4 Å². The van der Waals surface area contributed by atoms with Crippen LogP contribution in [0.4, 0.5) is 9.59 Å². The summed E-state index contributed by atoms with van der Waals surface area (Å²) in [6, 6.07) is 17.8. The number of rotatable bonds is 20. The Bertz CT molecular complexity index is 1130. The second-order valence-electron chi connectivity index (χ2n) is 11.8. The molecule has 0 radical (unpaired) electrons. The summed E-state index contributed by atoms with van der Waals surface area (Å²) in [6.07, 6.45) is 2.33. The van der Waals surface area contributed by atoms with Crippen LogP contribution in [0.3, 0.4) is 0 Å². The summed E-state index contributed by atoms with van der Waals surface area (Å²) in [5, 5.41) is 27.5. The van der Waals surface area contributed by atoms with Crippen LogP contribution in [0.25, 0.3) is 0 Å². The molecule has 0 saturated heterocycles. The lowest BCUT2D eigenvalue weighted by Crippen LogP contribution is -2.73. The minimum Gasteiger partial charge on any atom is -0.465 e. The fourth-order valence-corrected chi connectivity index (χ4v) is 5.59. The summed E-state index contributed by atoms with van der Waals surface area (Å²) in [6.45, 7) is 8.24. The van der Waals surface area contributed by atoms with E-state index < -0.39 is 29.8 Å². The van der Waals surface area contributed by atoms with Gasteiger partial charge in [0.2, 0.25) is 0 Å². The van der Waals surface area contributed by atoms with Gasteiger partial charge in [-0.1, -0.05) is 101 Å². The van der Waals surface area contributed by atoms with Crippen molar-refractivity contribution in [3.63, 3.8) is 0 Å². The minimum atomic E-state index is -1.52. The highest BCUT2D eigenvalue weighted by Gasteiger charge is 2.49. The molecular weight excluding hydrogens is 548 g/mol. The van der Waals surface area contributed by atoms with E-state index in [1.54, 1.807) is 13.8 Å². The molecule has 2 unspecified atom stereocenters. The molecule has 0 aliphatic carbocycles. The SMILES string of the molecule is CC(C)C(C=O)NCCCCC[C@@H](Cc1ccccc1)C(Cc1ccccc1)(NC(=O)O)N(NC(=O)O)[C@H](C=O)C(C)C. The van der Waals surface area contributed by atoms with Gasteiger partial charge in [0.1, 0.15) is 18.2 Å². The smallest absolute Gasteiger partial charge is 0.419 e. The third-order valence-electron chi connectivity index (χ3n) is 7.88. The molecule has 0 aromatic heterocycles. The van der Waals surface area contributed by atoms with E-state index in [0.717, 1.165) is 36.7 Å². The molecule has 10 heteroatoms. The van der Waals surface area contributed by atoms with E-state index in [0.29, 0.717) is 25.7 Å². The second-order valence-corrected chi connectivity index (χ2v) is 11.8. The van der Waals surface area contributed by atoms with E-state index in [-0.39, 0.29) is 24.3 Å². The molecule has 43 heavy (non-hydrogen) atoms. The normalized spacial score (nSPS) is 15.0. The molecule has 0 bridgehead atoms. The van der Waals surface area contributed by atoms with Crippen LogP contribution in [0, 0.1) is 17.8 Å². The number of carboxylic acid groups (broad SMARTS) is 2. The summed E-state index contributed by atoms with van der Waals surface area (Å²) >= 11 is 0. The van der Waals surface area contributed by atoms with Crippen LogP contribution in [-0.4, -0.2) is 64.3 Å². The van der Waals surface area contributed by atoms with E-state index in [1.807, 2.05) is 74.5 Å². The third kappa shape index (κ3) is 11.1. The Labute approximate surface area is 255 Å². The number of hydrogen-bond donors (Lipinski definition) is 5. The van der Waals surface area contributed by atoms with E-state index >= 15 is 0 Å². The van der Waals surface area contributed by atoms with Gasteiger partial charge in [-0.15, -0.1) is 0 Å². The third-order valence-corrected chi connectivity index (χ3v) is 7.88. The summed E-state index contributed by atoms with van der Waals surface area (Å²) in [5.74, 6) is -0.580. The number of hydrogen-bond acceptors (Lipinski definition) is 6. The molecule has 5 N–H and O–H groups in total. The standard InChI is InChI=1S/C33H48N4O6/c1-24(2)29(22-38)34-19-13-7-12-18-28(20-26-14-8-5-9-15-26)33(35-31(40)41,21-27-16-10-6-11-17-27)37(36-32(42)43)30(23-39)25(3)4/h5-6,8-11,14-17,22-25,28-30,34-36H,7,12-13,18-21H2,1-4H3,(H,40,41)(H,42,43)/t28-,29?,30+,33?/m0/s1. The predicted molar refractivity (Wildman–Crippen MR) is 167 cm³/mol. The zero-order valence-electron chi connectivity index (χ0n) is 25.7. The van der Waals surface area contributed by atoms with Crippen molar-refractivity contribution >= 4 is 24.8 Å². The van der Waals surface area contributed by atoms with Gasteiger partial charge >= 0.3 is 12.2 Å². The van der Waals surface area contributed by atoms with E-state index in [4.69, 9.17) is 0 Å². The number of unbranched alkanes of at least 4 members (excludes halogenated alkanes) is 2. The molecule has 0 aliphatic rings. The van der Waals surface area contributed by atoms with Crippen LogP contribution in [0.1, 0.15) is 64.5 Å². The van der Waals surface area contributed by atoms with Crippen LogP contribution in [0.15, 0.2) is 60.7 Å². The fraction of sp³-hybridized carbons (Fsp3) is 0.515. The Balaban J connectivity index is 2.58. The average molecular weight is 597 g/mol. The molecular formula is C33H48N4O6. The lowest BCUT2D eigenvalue weighted by atomic mass is 9.77. The van der Waals surface area contributed by atoms with Gasteiger partial charge in [0.15, 0.2) is 0 Å². The van der Waals surface area contributed by atoms with E-state index in [2.05, 4.69) is 16.1 Å². The minimum absolute atomic E-state index is 0.117. The molecule has 0 saturated carbocycles. The lowest BCUT2D eigenvalue weighted by molar-refractivity contribution is -0.125. The highest BCUT2D eigenvalue weighted by molar-refractivity contribution is 5.68. The molecule has 0 heterocycles. The molecule has 236 valence electrons. The first-order valence-electron chi connectivity index (χ1n) is 15.1. The number of benzene rings is 2. The molecule has 2 aromatic carbocycles. The van der Waals surface area contributed by atoms with Crippen LogP contribution in [0.2, 0.25) is 0 Å². The summed E-state index contributed by atoms with van der Waals surface area (Å²) < 4.78 is 0. The molecule has 4 atom stereocenters. The van der Waals surface area contributed by atoms with Gasteiger partial charge in [-0.3, -0.25) is 5.43 Å². The monoisotopic (exact) mass is 596 g/mol. The molecule has 2 amide bonds. The van der Waals surface area contributed by atoms with Crippen molar-refractivity contribution in [1.29, 1.82) is 0 Å². The maximum Gasteiger partial charge on any atom is 0.419 e. The number of carbonyl (C=O) groups excluding carboxylic acids is 2. The molecule has 0 spiro atoms. The van der Waals surface area contributed by atoms with Gasteiger partial charge in [-0.25, -0.2) is 9.59 Å². The van der Waals surface area contributed by atoms with Gasteiger partial charge in [0.05, 0.1) is 12.1 Å². The van der Waals surface area contributed by atoms with Crippen LogP contribution in [0.5, 0.6) is 0 Å². The fourth-order valence-electron chi connectivity index (χ4n) is 5.59. The Morgan fingerprint density at radius 1 is 0.814 bits per heavy atom. The summed E-state index contributed by atoms with van der Waals surface area (Å²) in [4.78, 5) is 48.6. The summed E-state index contributed by atoms with van der Waals surface area (Å²) in [5.41, 5.74) is 2.67. The number of hydrazine groups is 1. The molecule has 0 aliphatic heterocycles. The average Bonchev–Trinajstić information content (AvgIpc) is 2.96. The zero-order chi connectivity index (χ0) is 31.8. The first kappa shape index (κ1) is 35.4. The second kappa shape index (κ2) is 18.0. The maximum absolute atomic E-state index is 12.6. The van der Waals surface area contributed by atoms with Crippen molar-refractivity contribution in [2.45, 2.75) is 84.0 Å². The van der Waals surface area contributed by atoms with Crippen molar-refractivity contribution < 1.29 is 29.4 Å². The van der Waals surface area contributed by atoms with Gasteiger partial charge in [-0.05, 0) is 48.8 Å². The molecule has 2 aromatic rings. The zero-order valence-corrected chi connectivity index (χ0v) is 25.7. The van der Waals surface area contributed by atoms with Crippen LogP contribution < -0.4 is 16.1 Å². The first-order chi connectivity index (χ1) is 20.5. The Morgan fingerprint density at radius 3 is 1.91 bits per heavy atom. The largest absolute Gasteiger partial charge is 0.465 e. The summed E-state index contributed by atoms with van der Waals surface area (Å²) in [7, 11) is 0. The van der Waals surface area contributed by atoms with Gasteiger partial charge in [0, 0.05) is 12.3 Å². The number of nitrogens with zero attached hydrogens (tertiary/aromatic N) is 1. The van der Waals surface area contributed by atoms with Crippen molar-refractivity contribution in [2.24, 2.45) is 17.8 Å². The number of amides is 2. The van der Waals surface area contributed by atoms with Gasteiger partial charge in [-0.2, -0.15) is 5.01 Å². The molecule has 10 nitrogen and oxygen atoms in total. The quantitative estimate of drug-likeness (QED) is 0.0611. The highest BCUT2D eigenvalue weighted by atomic mass is 16.4. The highest BCUT2D eigenvalue weighted by Crippen LogP contribution is 2.35. The topological polar surface area (TPSA) is 148 Å². The van der Waals surface area contributed by atoms with Crippen molar-refractivity contribution in [3.05, 3.63) is 71.8 Å². The van der Waals surface area contributed by atoms with Crippen molar-refractivity contribution in [2.75, 3.05) is 6.54 Å².